The van der Waals surface area contributed by atoms with Gasteiger partial charge in [0.1, 0.15) is 0 Å². The maximum absolute atomic E-state index is 2.26. The predicted molar refractivity (Wildman–Crippen MR) is 51.6 cm³/mol. The second kappa shape index (κ2) is 7.55. The molecule has 1 atom stereocenters. The molecule has 0 aromatic heterocycles. The van der Waals surface area contributed by atoms with Crippen LogP contribution in [0, 0.1) is 7.43 Å². The third kappa shape index (κ3) is 4.06. The minimum Gasteiger partial charge on any atom is -0.358 e. The van der Waals surface area contributed by atoms with Crippen LogP contribution in [0.5, 0.6) is 0 Å². The van der Waals surface area contributed by atoms with Crippen LogP contribution in [0.3, 0.4) is 0 Å². The summed E-state index contributed by atoms with van der Waals surface area (Å²) in [6.45, 7) is 4.48. The molecule has 0 fully saturated rings. The van der Waals surface area contributed by atoms with Crippen LogP contribution < -0.4 is 0 Å². The molecule has 1 heteroatoms. The Labute approximate surface area is 90.7 Å². The van der Waals surface area contributed by atoms with Crippen molar-refractivity contribution in [1.82, 2.24) is 0 Å². The van der Waals surface area contributed by atoms with Gasteiger partial charge in [-0.15, -0.1) is 0 Å². The van der Waals surface area contributed by atoms with Gasteiger partial charge in [-0.1, -0.05) is 44.2 Å². The van der Waals surface area contributed by atoms with E-state index in [2.05, 4.69) is 44.2 Å². The smallest absolute Gasteiger partial charge is 0 e. The van der Waals surface area contributed by atoms with E-state index in [-0.39, 0.29) is 28.5 Å². The van der Waals surface area contributed by atoms with Crippen LogP contribution in [0.1, 0.15) is 31.7 Å². The molecule has 0 N–H and O–H groups in total. The molecule has 0 aliphatic carbocycles. The van der Waals surface area contributed by atoms with Gasteiger partial charge in [-0.25, -0.2) is 0 Å². The molecule has 0 saturated heterocycles. The molecule has 1 rings (SSSR count). The Morgan fingerprint density at radius 2 is 1.67 bits per heavy atom. The average Bonchev–Trinajstić information content (AvgIpc) is 2.05. The van der Waals surface area contributed by atoms with E-state index in [0.29, 0.717) is 5.92 Å². The van der Waals surface area contributed by atoms with E-state index >= 15 is 0 Å². The van der Waals surface area contributed by atoms with Gasteiger partial charge in [0.15, 0.2) is 0 Å². The molecule has 0 aliphatic heterocycles. The van der Waals surface area contributed by atoms with Gasteiger partial charge in [0.2, 0.25) is 0 Å². The molecule has 1 aromatic carbocycles. The van der Waals surface area contributed by atoms with Gasteiger partial charge in [-0.3, -0.25) is 0 Å². The number of hydrogen-bond acceptors (Lipinski definition) is 0. The summed E-state index contributed by atoms with van der Waals surface area (Å²) in [6, 6.07) is 10.6. The Morgan fingerprint density at radius 1 is 1.17 bits per heavy atom. The third-order valence-corrected chi connectivity index (χ3v) is 1.98. The summed E-state index contributed by atoms with van der Waals surface area (Å²) in [4.78, 5) is 0. The van der Waals surface area contributed by atoms with Crippen molar-refractivity contribution >= 4 is 0 Å². The maximum Gasteiger partial charge on any atom is 0 e. The third-order valence-electron chi connectivity index (χ3n) is 1.98. The van der Waals surface area contributed by atoms with Crippen LogP contribution in [0.25, 0.3) is 0 Å². The van der Waals surface area contributed by atoms with E-state index in [1.165, 1.54) is 12.0 Å². The normalized spacial score (nSPS) is 10.8. The van der Waals surface area contributed by atoms with Crippen LogP contribution in [0.4, 0.5) is 0 Å². The van der Waals surface area contributed by atoms with E-state index in [0.717, 1.165) is 0 Å². The number of benzene rings is 1. The predicted octanol–water partition coefficient (Wildman–Crippen LogP) is 3.65. The minimum absolute atomic E-state index is 0. The molecule has 0 amide bonds. The van der Waals surface area contributed by atoms with Crippen molar-refractivity contribution in [3.8, 4) is 0 Å². The fraction of sp³-hybridized carbons (Fsp3) is 0.364. The van der Waals surface area contributed by atoms with Gasteiger partial charge in [-0.05, 0) is 17.9 Å². The van der Waals surface area contributed by atoms with Crippen molar-refractivity contribution in [1.29, 1.82) is 0 Å². The Kier molecular flexibility index (Phi) is 9.08. The first kappa shape index (κ1) is 14.4. The van der Waals surface area contributed by atoms with E-state index in [9.17, 15) is 0 Å². The Bertz CT molecular complexity index is 181. The zero-order valence-corrected chi connectivity index (χ0v) is 11.0. The van der Waals surface area contributed by atoms with Gasteiger partial charge in [0, 0.05) is 21.1 Å². The average molecular weight is 333 g/mol. The molecule has 0 aliphatic rings. The van der Waals surface area contributed by atoms with Gasteiger partial charge in [-0.2, -0.15) is 0 Å². The van der Waals surface area contributed by atoms with E-state index < -0.39 is 0 Å². The van der Waals surface area contributed by atoms with Crippen molar-refractivity contribution in [3.05, 3.63) is 43.3 Å². The molecule has 0 spiro atoms. The Balaban J connectivity index is 0. The molecule has 0 bridgehead atoms. The maximum atomic E-state index is 2.26. The van der Waals surface area contributed by atoms with E-state index in [1.807, 2.05) is 0 Å². The summed E-state index contributed by atoms with van der Waals surface area (Å²) in [6.07, 6.45) is 1.23. The summed E-state index contributed by atoms with van der Waals surface area (Å²) in [7, 11) is 0. The first-order valence-corrected chi connectivity index (χ1v) is 3.89. The molecule has 0 heterocycles. The molecule has 1 unspecified atom stereocenters. The van der Waals surface area contributed by atoms with Crippen LogP contribution in [-0.2, 0) is 21.1 Å². The Morgan fingerprint density at radius 3 is 2.08 bits per heavy atom. The summed E-state index contributed by atoms with van der Waals surface area (Å²) in [5, 5.41) is 0. The minimum atomic E-state index is 0. The zero-order chi connectivity index (χ0) is 7.40. The van der Waals surface area contributed by atoms with Gasteiger partial charge in [0.25, 0.3) is 0 Å². The van der Waals surface area contributed by atoms with Gasteiger partial charge in [0.05, 0.1) is 0 Å². The summed E-state index contributed by atoms with van der Waals surface area (Å²) < 4.78 is 0. The topological polar surface area (TPSA) is 0 Å². The van der Waals surface area contributed by atoms with Crippen molar-refractivity contribution < 1.29 is 21.1 Å². The quantitative estimate of drug-likeness (QED) is 0.725. The van der Waals surface area contributed by atoms with Crippen LogP contribution in [0.15, 0.2) is 30.3 Å². The van der Waals surface area contributed by atoms with Crippen molar-refractivity contribution in [2.24, 2.45) is 0 Å². The molecule has 12 heavy (non-hydrogen) atoms. The molecular weight excluding hydrogens is 316 g/mol. The van der Waals surface area contributed by atoms with Crippen molar-refractivity contribution in [2.75, 3.05) is 0 Å². The van der Waals surface area contributed by atoms with Crippen molar-refractivity contribution in [2.45, 2.75) is 26.2 Å². The van der Waals surface area contributed by atoms with Crippen LogP contribution >= 0.6 is 0 Å². The van der Waals surface area contributed by atoms with E-state index in [1.54, 1.807) is 0 Å². The molecule has 0 nitrogen and oxygen atoms in total. The standard InChI is InChI=1S/C10H14.CH3.W/c1-3-9(2)10-7-5-4-6-8-10;;/h4-9H,3H2,1-2H3;1H3;/q;-1;. The van der Waals surface area contributed by atoms with Gasteiger partial charge >= 0.3 is 0 Å². The first-order chi connectivity index (χ1) is 4.84. The second-order valence-corrected chi connectivity index (χ2v) is 2.72. The number of rotatable bonds is 2. The first-order valence-electron chi connectivity index (χ1n) is 3.89. The summed E-state index contributed by atoms with van der Waals surface area (Å²) in [5.74, 6) is 0.709. The largest absolute Gasteiger partial charge is 0.358 e. The second-order valence-electron chi connectivity index (χ2n) is 2.72. The van der Waals surface area contributed by atoms with E-state index in [4.69, 9.17) is 0 Å². The fourth-order valence-corrected chi connectivity index (χ4v) is 1.02. The Hall–Kier alpha value is -0.0917. The molecule has 0 radical (unpaired) electrons. The molecule has 0 saturated carbocycles. The molecular formula is C11H17W-. The fourth-order valence-electron chi connectivity index (χ4n) is 1.02. The van der Waals surface area contributed by atoms with Crippen LogP contribution in [-0.4, -0.2) is 0 Å². The van der Waals surface area contributed by atoms with Crippen molar-refractivity contribution in [3.63, 3.8) is 0 Å². The molecule has 1 aromatic rings. The monoisotopic (exact) mass is 333 g/mol. The zero-order valence-electron chi connectivity index (χ0n) is 8.08. The number of hydrogen-bond donors (Lipinski definition) is 0. The SMILES string of the molecule is CCC(C)c1ccccc1.[CH3-].[W]. The van der Waals surface area contributed by atoms with Crippen LogP contribution in [0.2, 0.25) is 0 Å². The van der Waals surface area contributed by atoms with Gasteiger partial charge < -0.3 is 7.43 Å². The molecule has 68 valence electrons. The summed E-state index contributed by atoms with van der Waals surface area (Å²) >= 11 is 0. The summed E-state index contributed by atoms with van der Waals surface area (Å²) in [5.41, 5.74) is 1.45.